The second-order valence-corrected chi connectivity index (χ2v) is 5.63. The molecule has 1 aliphatic rings. The quantitative estimate of drug-likeness (QED) is 0.873. The molecule has 18 heavy (non-hydrogen) atoms. The fraction of sp³-hybridized carbons (Fsp3) is 0.600. The molecule has 2 rings (SSSR count). The monoisotopic (exact) mass is 251 g/mol. The molecule has 2 N–H and O–H groups in total. The number of rotatable bonds is 5. The Bertz CT molecular complexity index is 386. The van der Waals surface area contributed by atoms with E-state index in [1.54, 1.807) is 12.1 Å². The van der Waals surface area contributed by atoms with E-state index in [-0.39, 0.29) is 11.4 Å². The van der Waals surface area contributed by atoms with Crippen molar-refractivity contribution < 1.29 is 9.13 Å². The number of benzene rings is 1. The number of halogens is 1. The van der Waals surface area contributed by atoms with Crippen LogP contribution >= 0.6 is 0 Å². The highest BCUT2D eigenvalue weighted by molar-refractivity contribution is 5.18. The van der Waals surface area contributed by atoms with Crippen LogP contribution < -0.4 is 5.73 Å². The van der Waals surface area contributed by atoms with Crippen LogP contribution in [0.25, 0.3) is 0 Å². The molecule has 100 valence electrons. The van der Waals surface area contributed by atoms with Crippen molar-refractivity contribution in [3.8, 4) is 0 Å². The molecule has 2 unspecified atom stereocenters. The average molecular weight is 251 g/mol. The van der Waals surface area contributed by atoms with Crippen molar-refractivity contribution in [2.45, 2.75) is 50.7 Å². The summed E-state index contributed by atoms with van der Waals surface area (Å²) in [6.45, 7) is 2.92. The van der Waals surface area contributed by atoms with E-state index in [1.807, 2.05) is 13.0 Å². The third kappa shape index (κ3) is 4.07. The summed E-state index contributed by atoms with van der Waals surface area (Å²) in [6, 6.07) is 6.70. The zero-order chi connectivity index (χ0) is 13.0. The third-order valence-corrected chi connectivity index (χ3v) is 3.56. The van der Waals surface area contributed by atoms with E-state index < -0.39 is 0 Å². The second kappa shape index (κ2) is 5.81. The zero-order valence-electron chi connectivity index (χ0n) is 11.0. The van der Waals surface area contributed by atoms with Gasteiger partial charge in [0.1, 0.15) is 5.82 Å². The first-order valence-corrected chi connectivity index (χ1v) is 6.70. The minimum Gasteiger partial charge on any atom is -0.378 e. The van der Waals surface area contributed by atoms with E-state index in [0.29, 0.717) is 12.5 Å². The summed E-state index contributed by atoms with van der Waals surface area (Å²) in [5.41, 5.74) is 6.97. The molecular weight excluding hydrogens is 229 g/mol. The molecule has 0 radical (unpaired) electrons. The van der Waals surface area contributed by atoms with E-state index in [4.69, 9.17) is 10.5 Å². The summed E-state index contributed by atoms with van der Waals surface area (Å²) >= 11 is 0. The lowest BCUT2D eigenvalue weighted by atomic mass is 9.88. The zero-order valence-corrected chi connectivity index (χ0v) is 11.0. The normalized spacial score (nSPS) is 22.9. The van der Waals surface area contributed by atoms with Crippen LogP contribution in [0.3, 0.4) is 0 Å². The summed E-state index contributed by atoms with van der Waals surface area (Å²) in [5, 5.41) is 0. The van der Waals surface area contributed by atoms with Crippen molar-refractivity contribution in [3.63, 3.8) is 0 Å². The average Bonchev–Trinajstić information content (AvgIpc) is 2.78. The van der Waals surface area contributed by atoms with E-state index in [2.05, 4.69) is 0 Å². The van der Waals surface area contributed by atoms with Gasteiger partial charge in [-0.05, 0) is 56.7 Å². The van der Waals surface area contributed by atoms with E-state index in [9.17, 15) is 4.39 Å². The molecule has 0 aliphatic carbocycles. The molecule has 2 nitrogen and oxygen atoms in total. The van der Waals surface area contributed by atoms with Gasteiger partial charge in [-0.25, -0.2) is 4.39 Å². The van der Waals surface area contributed by atoms with Gasteiger partial charge < -0.3 is 10.5 Å². The lowest BCUT2D eigenvalue weighted by molar-refractivity contribution is 0.0967. The van der Waals surface area contributed by atoms with Gasteiger partial charge in [-0.2, -0.15) is 0 Å². The van der Waals surface area contributed by atoms with Crippen LogP contribution in [-0.2, 0) is 11.2 Å². The van der Waals surface area contributed by atoms with Gasteiger partial charge in [0.25, 0.3) is 0 Å². The molecule has 3 heteroatoms. The maximum atomic E-state index is 13.1. The molecule has 1 fully saturated rings. The van der Waals surface area contributed by atoms with E-state index >= 15 is 0 Å². The molecule has 1 aliphatic heterocycles. The fourth-order valence-electron chi connectivity index (χ4n) is 2.56. The molecule has 0 aromatic heterocycles. The largest absolute Gasteiger partial charge is 0.378 e. The van der Waals surface area contributed by atoms with Gasteiger partial charge in [0, 0.05) is 12.1 Å². The highest BCUT2D eigenvalue weighted by Crippen LogP contribution is 2.23. The first-order chi connectivity index (χ1) is 8.55. The Labute approximate surface area is 108 Å². The van der Waals surface area contributed by atoms with Crippen molar-refractivity contribution in [1.82, 2.24) is 0 Å². The van der Waals surface area contributed by atoms with Crippen LogP contribution in [0.1, 0.15) is 38.2 Å². The molecule has 0 saturated carbocycles. The van der Waals surface area contributed by atoms with Crippen LogP contribution in [0.5, 0.6) is 0 Å². The summed E-state index contributed by atoms with van der Waals surface area (Å²) in [4.78, 5) is 0. The molecule has 2 atom stereocenters. The second-order valence-electron chi connectivity index (χ2n) is 5.63. The Balaban J connectivity index is 1.85. The Hall–Kier alpha value is -0.930. The first-order valence-electron chi connectivity index (χ1n) is 6.70. The maximum absolute atomic E-state index is 13.1. The van der Waals surface area contributed by atoms with Crippen molar-refractivity contribution >= 4 is 0 Å². The molecule has 1 saturated heterocycles. The Morgan fingerprint density at radius 3 is 3.00 bits per heavy atom. The minimum absolute atomic E-state index is 0.192. The lowest BCUT2D eigenvalue weighted by Gasteiger charge is -2.26. The van der Waals surface area contributed by atoms with E-state index in [0.717, 1.165) is 37.9 Å². The first kappa shape index (κ1) is 13.5. The van der Waals surface area contributed by atoms with Crippen molar-refractivity contribution in [2.75, 3.05) is 6.61 Å². The van der Waals surface area contributed by atoms with Gasteiger partial charge in [-0.3, -0.25) is 0 Å². The van der Waals surface area contributed by atoms with Gasteiger partial charge in [0.2, 0.25) is 0 Å². The number of hydrogen-bond acceptors (Lipinski definition) is 2. The van der Waals surface area contributed by atoms with Gasteiger partial charge >= 0.3 is 0 Å². The third-order valence-electron chi connectivity index (χ3n) is 3.56. The summed E-state index contributed by atoms with van der Waals surface area (Å²) < 4.78 is 18.7. The summed E-state index contributed by atoms with van der Waals surface area (Å²) in [7, 11) is 0. The van der Waals surface area contributed by atoms with Crippen LogP contribution in [-0.4, -0.2) is 18.2 Å². The molecule has 0 spiro atoms. The Morgan fingerprint density at radius 1 is 1.50 bits per heavy atom. The van der Waals surface area contributed by atoms with Crippen LogP contribution in [0.4, 0.5) is 4.39 Å². The van der Waals surface area contributed by atoms with Gasteiger partial charge in [0.05, 0.1) is 6.10 Å². The van der Waals surface area contributed by atoms with Crippen molar-refractivity contribution in [1.29, 1.82) is 0 Å². The topological polar surface area (TPSA) is 35.2 Å². The van der Waals surface area contributed by atoms with Gasteiger partial charge in [0.15, 0.2) is 0 Å². The van der Waals surface area contributed by atoms with Crippen LogP contribution in [0.2, 0.25) is 0 Å². The molecule has 0 amide bonds. The SMILES string of the molecule is CC(N)(CCC1CCCO1)Cc1cccc(F)c1. The molecule has 0 bridgehead atoms. The molecule has 1 aromatic rings. The molecule has 1 heterocycles. The molecular formula is C15H22FNO. The maximum Gasteiger partial charge on any atom is 0.123 e. The lowest BCUT2D eigenvalue weighted by Crippen LogP contribution is -2.39. The number of ether oxygens (including phenoxy) is 1. The predicted molar refractivity (Wildman–Crippen MR) is 70.9 cm³/mol. The predicted octanol–water partition coefficient (Wildman–Crippen LogP) is 3.04. The van der Waals surface area contributed by atoms with E-state index in [1.165, 1.54) is 6.07 Å². The molecule has 1 aromatic carbocycles. The van der Waals surface area contributed by atoms with Crippen LogP contribution in [0.15, 0.2) is 24.3 Å². The Kier molecular flexibility index (Phi) is 4.36. The van der Waals surface area contributed by atoms with Gasteiger partial charge in [-0.15, -0.1) is 0 Å². The van der Waals surface area contributed by atoms with Crippen LogP contribution in [0, 0.1) is 5.82 Å². The van der Waals surface area contributed by atoms with Crippen molar-refractivity contribution in [2.24, 2.45) is 5.73 Å². The minimum atomic E-state index is -0.292. The highest BCUT2D eigenvalue weighted by atomic mass is 19.1. The highest BCUT2D eigenvalue weighted by Gasteiger charge is 2.23. The standard InChI is InChI=1S/C15H22FNO/c1-15(17,8-7-14-6-3-9-18-14)11-12-4-2-5-13(16)10-12/h2,4-5,10,14H,3,6-9,11,17H2,1H3. The smallest absolute Gasteiger partial charge is 0.123 e. The number of nitrogens with two attached hydrogens (primary N) is 1. The number of hydrogen-bond donors (Lipinski definition) is 1. The fourth-order valence-corrected chi connectivity index (χ4v) is 2.56. The van der Waals surface area contributed by atoms with Gasteiger partial charge in [-0.1, -0.05) is 12.1 Å². The Morgan fingerprint density at radius 2 is 2.33 bits per heavy atom. The van der Waals surface area contributed by atoms with Crippen molar-refractivity contribution in [3.05, 3.63) is 35.6 Å². The summed E-state index contributed by atoms with van der Waals surface area (Å²) in [6.07, 6.45) is 5.31. The summed E-state index contributed by atoms with van der Waals surface area (Å²) in [5.74, 6) is -0.192.